The van der Waals surface area contributed by atoms with E-state index in [-0.39, 0.29) is 0 Å². The molecule has 0 amide bonds. The highest BCUT2D eigenvalue weighted by Crippen LogP contribution is 2.28. The van der Waals surface area contributed by atoms with E-state index in [1.54, 1.807) is 23.1 Å². The van der Waals surface area contributed by atoms with Crippen LogP contribution in [0.4, 0.5) is 10.8 Å². The van der Waals surface area contributed by atoms with E-state index in [1.807, 2.05) is 61.5 Å². The quantitative estimate of drug-likeness (QED) is 0.511. The molecule has 0 unspecified atom stereocenters. The first-order valence-electron chi connectivity index (χ1n) is 7.78. The van der Waals surface area contributed by atoms with Crippen molar-refractivity contribution >= 4 is 45.0 Å². The predicted molar refractivity (Wildman–Crippen MR) is 103 cm³/mol. The lowest BCUT2D eigenvalue weighted by molar-refractivity contribution is 1.02. The van der Waals surface area contributed by atoms with E-state index >= 15 is 0 Å². The molecule has 7 heteroatoms. The minimum absolute atomic E-state index is 0.724. The predicted octanol–water partition coefficient (Wildman–Crippen LogP) is 4.83. The second kappa shape index (κ2) is 7.16. The first kappa shape index (κ1) is 16.0. The number of benzene rings is 2. The van der Waals surface area contributed by atoms with Gasteiger partial charge < -0.3 is 5.32 Å². The summed E-state index contributed by atoms with van der Waals surface area (Å²) in [4.78, 5) is 9.33. The third-order valence-electron chi connectivity index (χ3n) is 3.53. The third kappa shape index (κ3) is 3.78. The first-order valence-corrected chi connectivity index (χ1v) is 9.59. The van der Waals surface area contributed by atoms with Gasteiger partial charge in [0.25, 0.3) is 0 Å². The Morgan fingerprint density at radius 2 is 1.64 bits per heavy atom. The van der Waals surface area contributed by atoms with Gasteiger partial charge in [-0.3, -0.25) is 0 Å². The normalized spacial score (nSPS) is 10.9. The molecule has 1 N–H and O–H groups in total. The van der Waals surface area contributed by atoms with Crippen LogP contribution in [-0.2, 0) is 5.75 Å². The summed E-state index contributed by atoms with van der Waals surface area (Å²) in [5.74, 6) is 0.724. The molecular weight excluding hydrogens is 350 g/mol. The molecule has 25 heavy (non-hydrogen) atoms. The van der Waals surface area contributed by atoms with Gasteiger partial charge in [0.05, 0.1) is 22.5 Å². The molecular formula is C18H15N5S2. The molecule has 124 valence electrons. The average Bonchev–Trinajstić information content (AvgIpc) is 3.08. The molecule has 5 nitrogen and oxygen atoms in total. The number of fused-ring (bicyclic) bond motifs is 1. The van der Waals surface area contributed by atoms with Crippen molar-refractivity contribution in [2.45, 2.75) is 17.7 Å². The Morgan fingerprint density at radius 3 is 2.44 bits per heavy atom. The van der Waals surface area contributed by atoms with Crippen LogP contribution in [-0.4, -0.2) is 20.2 Å². The standard InChI is InChI=1S/C18H15N5S2/c1-12-17(21-15-10-6-5-9-14(15)19-12)24-11-16-22-23-18(25-16)20-13-7-3-2-4-8-13/h2-10H,11H2,1H3,(H,20,23). The second-order valence-electron chi connectivity index (χ2n) is 5.38. The molecule has 0 atom stereocenters. The molecule has 0 aliphatic rings. The van der Waals surface area contributed by atoms with Crippen LogP contribution in [0.1, 0.15) is 10.7 Å². The highest BCUT2D eigenvalue weighted by molar-refractivity contribution is 7.98. The van der Waals surface area contributed by atoms with E-state index in [4.69, 9.17) is 4.98 Å². The van der Waals surface area contributed by atoms with Crippen LogP contribution >= 0.6 is 23.1 Å². The van der Waals surface area contributed by atoms with Gasteiger partial charge in [-0.1, -0.05) is 53.4 Å². The SMILES string of the molecule is Cc1nc2ccccc2nc1SCc1nnc(Nc2ccccc2)s1. The number of aryl methyl sites for hydroxylation is 1. The lowest BCUT2D eigenvalue weighted by Gasteiger charge is -2.04. The summed E-state index contributed by atoms with van der Waals surface area (Å²) in [5.41, 5.74) is 3.79. The average molecular weight is 365 g/mol. The van der Waals surface area contributed by atoms with Gasteiger partial charge in [-0.25, -0.2) is 9.97 Å². The van der Waals surface area contributed by atoms with Crippen molar-refractivity contribution in [1.82, 2.24) is 20.2 Å². The van der Waals surface area contributed by atoms with Crippen LogP contribution in [0.2, 0.25) is 0 Å². The van der Waals surface area contributed by atoms with Crippen LogP contribution in [0, 0.1) is 6.92 Å². The topological polar surface area (TPSA) is 63.6 Å². The van der Waals surface area contributed by atoms with Gasteiger partial charge in [0.1, 0.15) is 10.0 Å². The Hall–Kier alpha value is -2.51. The van der Waals surface area contributed by atoms with Gasteiger partial charge in [-0.05, 0) is 31.2 Å². The fourth-order valence-electron chi connectivity index (χ4n) is 2.35. The van der Waals surface area contributed by atoms with E-state index in [1.165, 1.54) is 0 Å². The van der Waals surface area contributed by atoms with Gasteiger partial charge in [0.15, 0.2) is 0 Å². The molecule has 0 aliphatic carbocycles. The number of nitrogens with zero attached hydrogens (tertiary/aromatic N) is 4. The third-order valence-corrected chi connectivity index (χ3v) is 5.62. The molecule has 4 aromatic rings. The van der Waals surface area contributed by atoms with Crippen LogP contribution in [0.15, 0.2) is 59.6 Å². The maximum Gasteiger partial charge on any atom is 0.210 e. The van der Waals surface area contributed by atoms with Crippen molar-refractivity contribution in [3.8, 4) is 0 Å². The summed E-state index contributed by atoms with van der Waals surface area (Å²) < 4.78 is 0. The van der Waals surface area contributed by atoms with Gasteiger partial charge in [-0.15, -0.1) is 10.2 Å². The van der Waals surface area contributed by atoms with Crippen LogP contribution in [0.5, 0.6) is 0 Å². The van der Waals surface area contributed by atoms with Crippen molar-refractivity contribution in [2.75, 3.05) is 5.32 Å². The molecule has 2 aromatic heterocycles. The Labute approximate surface area is 153 Å². The molecule has 2 aromatic carbocycles. The van der Waals surface area contributed by atoms with Crippen molar-refractivity contribution < 1.29 is 0 Å². The van der Waals surface area contributed by atoms with E-state index < -0.39 is 0 Å². The number of nitrogens with one attached hydrogen (secondary N) is 1. The summed E-state index contributed by atoms with van der Waals surface area (Å²) in [5, 5.41) is 14.4. The van der Waals surface area contributed by atoms with E-state index in [0.717, 1.165) is 43.3 Å². The van der Waals surface area contributed by atoms with Crippen molar-refractivity contribution in [1.29, 1.82) is 0 Å². The first-order chi connectivity index (χ1) is 12.3. The van der Waals surface area contributed by atoms with Crippen molar-refractivity contribution in [3.05, 3.63) is 65.3 Å². The zero-order valence-electron chi connectivity index (χ0n) is 13.5. The van der Waals surface area contributed by atoms with Gasteiger partial charge in [-0.2, -0.15) is 0 Å². The van der Waals surface area contributed by atoms with Crippen LogP contribution < -0.4 is 5.32 Å². The highest BCUT2D eigenvalue weighted by atomic mass is 32.2. The van der Waals surface area contributed by atoms with E-state index in [9.17, 15) is 0 Å². The molecule has 2 heterocycles. The number of para-hydroxylation sites is 3. The minimum Gasteiger partial charge on any atom is -0.330 e. The highest BCUT2D eigenvalue weighted by Gasteiger charge is 2.09. The van der Waals surface area contributed by atoms with Crippen LogP contribution in [0.3, 0.4) is 0 Å². The van der Waals surface area contributed by atoms with Gasteiger partial charge >= 0.3 is 0 Å². The number of hydrogen-bond donors (Lipinski definition) is 1. The fraction of sp³-hybridized carbons (Fsp3) is 0.111. The Morgan fingerprint density at radius 1 is 0.920 bits per heavy atom. The molecule has 0 saturated carbocycles. The summed E-state index contributed by atoms with van der Waals surface area (Å²) in [6.45, 7) is 1.99. The van der Waals surface area contributed by atoms with Crippen molar-refractivity contribution in [2.24, 2.45) is 0 Å². The van der Waals surface area contributed by atoms with Gasteiger partial charge in [0.2, 0.25) is 5.13 Å². The lowest BCUT2D eigenvalue weighted by atomic mass is 10.3. The van der Waals surface area contributed by atoms with E-state index in [0.29, 0.717) is 0 Å². The molecule has 0 radical (unpaired) electrons. The molecule has 0 spiro atoms. The Bertz CT molecular complexity index is 1000. The summed E-state index contributed by atoms with van der Waals surface area (Å²) in [6, 6.07) is 17.9. The number of aromatic nitrogens is 4. The maximum atomic E-state index is 4.71. The summed E-state index contributed by atoms with van der Waals surface area (Å²) >= 11 is 3.20. The maximum absolute atomic E-state index is 4.71. The molecule has 0 bridgehead atoms. The summed E-state index contributed by atoms with van der Waals surface area (Å²) in [6.07, 6.45) is 0. The molecule has 0 saturated heterocycles. The Balaban J connectivity index is 1.46. The number of rotatable bonds is 5. The second-order valence-corrected chi connectivity index (χ2v) is 7.41. The Kier molecular flexibility index (Phi) is 4.58. The molecule has 4 rings (SSSR count). The minimum atomic E-state index is 0.724. The zero-order valence-corrected chi connectivity index (χ0v) is 15.1. The lowest BCUT2D eigenvalue weighted by Crippen LogP contribution is -1.93. The number of thioether (sulfide) groups is 1. The smallest absolute Gasteiger partial charge is 0.210 e. The number of hydrogen-bond acceptors (Lipinski definition) is 7. The monoisotopic (exact) mass is 365 g/mol. The molecule has 0 fully saturated rings. The zero-order chi connectivity index (χ0) is 17.1. The van der Waals surface area contributed by atoms with Crippen LogP contribution in [0.25, 0.3) is 11.0 Å². The fourth-order valence-corrected chi connectivity index (χ4v) is 4.05. The van der Waals surface area contributed by atoms with Crippen molar-refractivity contribution in [3.63, 3.8) is 0 Å². The van der Waals surface area contributed by atoms with Gasteiger partial charge in [0, 0.05) is 5.69 Å². The summed E-state index contributed by atoms with van der Waals surface area (Å²) in [7, 11) is 0. The largest absolute Gasteiger partial charge is 0.330 e. The number of anilines is 2. The molecule has 0 aliphatic heterocycles. The van der Waals surface area contributed by atoms with E-state index in [2.05, 4.69) is 20.5 Å².